The number of hydrogen-bond acceptors (Lipinski definition) is 3. The SMILES string of the molecule is C=CCC1(c2ccccc2)C=C(C(=O)OC)C(=O)CC1. The summed E-state index contributed by atoms with van der Waals surface area (Å²) in [5.74, 6) is -0.702. The lowest BCUT2D eigenvalue weighted by Crippen LogP contribution is -2.32. The number of Topliss-reactive ketones (excluding diaryl/α,β-unsaturated/α-hetero) is 1. The van der Waals surface area contributed by atoms with Crippen LogP contribution in [0.4, 0.5) is 0 Å². The lowest BCUT2D eigenvalue weighted by molar-refractivity contribution is -0.138. The zero-order chi connectivity index (χ0) is 14.6. The third kappa shape index (κ3) is 2.57. The van der Waals surface area contributed by atoms with Gasteiger partial charge in [0, 0.05) is 11.8 Å². The number of esters is 1. The summed E-state index contributed by atoms with van der Waals surface area (Å²) in [5, 5.41) is 0. The molecule has 0 spiro atoms. The lowest BCUT2D eigenvalue weighted by Gasteiger charge is -2.34. The molecule has 3 heteroatoms. The molecule has 0 fully saturated rings. The third-order valence-electron chi connectivity index (χ3n) is 3.78. The Hall–Kier alpha value is -2.16. The molecular formula is C17H18O3. The quantitative estimate of drug-likeness (QED) is 0.480. The van der Waals surface area contributed by atoms with Crippen molar-refractivity contribution in [3.8, 4) is 0 Å². The topological polar surface area (TPSA) is 43.4 Å². The van der Waals surface area contributed by atoms with Crippen LogP contribution in [0.15, 0.2) is 54.6 Å². The first kappa shape index (κ1) is 14.3. The number of methoxy groups -OCH3 is 1. The summed E-state index contributed by atoms with van der Waals surface area (Å²) in [6.07, 6.45) is 5.31. The fourth-order valence-electron chi connectivity index (χ4n) is 2.72. The van der Waals surface area contributed by atoms with Gasteiger partial charge in [0.2, 0.25) is 0 Å². The second-order valence-electron chi connectivity index (χ2n) is 4.99. The molecule has 0 amide bonds. The van der Waals surface area contributed by atoms with Crippen LogP contribution in [0.25, 0.3) is 0 Å². The minimum atomic E-state index is -0.556. The minimum absolute atomic E-state index is 0.146. The Morgan fingerprint density at radius 2 is 2.10 bits per heavy atom. The van der Waals surface area contributed by atoms with Crippen LogP contribution in [-0.2, 0) is 19.7 Å². The van der Waals surface area contributed by atoms with Crippen molar-refractivity contribution in [3.63, 3.8) is 0 Å². The van der Waals surface area contributed by atoms with Gasteiger partial charge in [0.25, 0.3) is 0 Å². The van der Waals surface area contributed by atoms with Crippen LogP contribution in [0.2, 0.25) is 0 Å². The summed E-state index contributed by atoms with van der Waals surface area (Å²) in [5.41, 5.74) is 0.902. The maximum absolute atomic E-state index is 11.9. The first-order chi connectivity index (χ1) is 9.63. The maximum Gasteiger partial charge on any atom is 0.341 e. The molecule has 1 aliphatic rings. The van der Waals surface area contributed by atoms with Crippen LogP contribution in [0.5, 0.6) is 0 Å². The monoisotopic (exact) mass is 270 g/mol. The van der Waals surface area contributed by atoms with Gasteiger partial charge in [-0.3, -0.25) is 4.79 Å². The molecule has 1 aliphatic carbocycles. The van der Waals surface area contributed by atoms with E-state index < -0.39 is 5.97 Å². The molecule has 1 aromatic carbocycles. The summed E-state index contributed by atoms with van der Waals surface area (Å²) in [7, 11) is 1.29. The maximum atomic E-state index is 11.9. The highest BCUT2D eigenvalue weighted by atomic mass is 16.5. The van der Waals surface area contributed by atoms with Gasteiger partial charge >= 0.3 is 5.97 Å². The van der Waals surface area contributed by atoms with Gasteiger partial charge in [-0.05, 0) is 18.4 Å². The lowest BCUT2D eigenvalue weighted by atomic mass is 9.69. The molecule has 104 valence electrons. The van der Waals surface area contributed by atoms with Crippen molar-refractivity contribution < 1.29 is 14.3 Å². The van der Waals surface area contributed by atoms with E-state index in [1.165, 1.54) is 7.11 Å². The highest BCUT2D eigenvalue weighted by molar-refractivity contribution is 6.18. The zero-order valence-corrected chi connectivity index (χ0v) is 11.6. The van der Waals surface area contributed by atoms with Crippen LogP contribution >= 0.6 is 0 Å². The van der Waals surface area contributed by atoms with E-state index in [9.17, 15) is 9.59 Å². The molecule has 1 atom stereocenters. The summed E-state index contributed by atoms with van der Waals surface area (Å²) in [4.78, 5) is 23.7. The van der Waals surface area contributed by atoms with Crippen LogP contribution in [0.1, 0.15) is 24.8 Å². The van der Waals surface area contributed by atoms with Gasteiger partial charge in [0.15, 0.2) is 5.78 Å². The molecule has 0 bridgehead atoms. The fourth-order valence-corrected chi connectivity index (χ4v) is 2.72. The Morgan fingerprint density at radius 3 is 2.70 bits per heavy atom. The Morgan fingerprint density at radius 1 is 1.40 bits per heavy atom. The van der Waals surface area contributed by atoms with Crippen molar-refractivity contribution in [2.75, 3.05) is 7.11 Å². The van der Waals surface area contributed by atoms with E-state index in [1.807, 2.05) is 36.4 Å². The predicted molar refractivity (Wildman–Crippen MR) is 77.3 cm³/mol. The standard InChI is InChI=1S/C17H18O3/c1-3-10-17(13-7-5-4-6-8-13)11-9-15(18)14(12-17)16(19)20-2/h3-8,12H,1,9-11H2,2H3. The second-order valence-corrected chi connectivity index (χ2v) is 4.99. The van der Waals surface area contributed by atoms with Gasteiger partial charge in [-0.2, -0.15) is 0 Å². The van der Waals surface area contributed by atoms with E-state index in [0.717, 1.165) is 5.56 Å². The molecule has 0 radical (unpaired) electrons. The number of carbonyl (C=O) groups is 2. The molecule has 0 saturated heterocycles. The van der Waals surface area contributed by atoms with Gasteiger partial charge in [-0.25, -0.2) is 4.79 Å². The van der Waals surface area contributed by atoms with Crippen molar-refractivity contribution in [3.05, 3.63) is 60.2 Å². The molecule has 3 nitrogen and oxygen atoms in total. The predicted octanol–water partition coefficient (Wildman–Crippen LogP) is 2.96. The van der Waals surface area contributed by atoms with Crippen LogP contribution in [0, 0.1) is 0 Å². The van der Waals surface area contributed by atoms with E-state index in [1.54, 1.807) is 6.08 Å². The van der Waals surface area contributed by atoms with E-state index >= 15 is 0 Å². The average Bonchev–Trinajstić information content (AvgIpc) is 2.50. The van der Waals surface area contributed by atoms with Gasteiger partial charge in [-0.1, -0.05) is 42.5 Å². The number of rotatable bonds is 4. The fraction of sp³-hybridized carbons (Fsp3) is 0.294. The third-order valence-corrected chi connectivity index (χ3v) is 3.78. The van der Waals surface area contributed by atoms with Crippen molar-refractivity contribution in [1.82, 2.24) is 0 Å². The molecule has 20 heavy (non-hydrogen) atoms. The van der Waals surface area contributed by atoms with Gasteiger partial charge < -0.3 is 4.74 Å². The molecule has 1 unspecified atom stereocenters. The number of hydrogen-bond donors (Lipinski definition) is 0. The molecule has 2 rings (SSSR count). The highest BCUT2D eigenvalue weighted by Crippen LogP contribution is 2.39. The van der Waals surface area contributed by atoms with Gasteiger partial charge in [0.05, 0.1) is 12.7 Å². The summed E-state index contributed by atoms with van der Waals surface area (Å²) in [6.45, 7) is 3.80. The van der Waals surface area contributed by atoms with Crippen LogP contribution in [-0.4, -0.2) is 18.9 Å². The van der Waals surface area contributed by atoms with Crippen LogP contribution in [0.3, 0.4) is 0 Å². The first-order valence-corrected chi connectivity index (χ1v) is 6.64. The van der Waals surface area contributed by atoms with E-state index in [2.05, 4.69) is 6.58 Å². The van der Waals surface area contributed by atoms with E-state index in [4.69, 9.17) is 4.74 Å². The van der Waals surface area contributed by atoms with Crippen molar-refractivity contribution in [2.45, 2.75) is 24.7 Å². The Bertz CT molecular complexity index is 557. The molecule has 0 aliphatic heterocycles. The molecule has 0 saturated carbocycles. The van der Waals surface area contributed by atoms with Gasteiger partial charge in [-0.15, -0.1) is 6.58 Å². The first-order valence-electron chi connectivity index (χ1n) is 6.64. The minimum Gasteiger partial charge on any atom is -0.465 e. The smallest absolute Gasteiger partial charge is 0.341 e. The average molecular weight is 270 g/mol. The number of allylic oxidation sites excluding steroid dienone is 2. The second kappa shape index (κ2) is 5.87. The Kier molecular flexibility index (Phi) is 4.18. The summed E-state index contributed by atoms with van der Waals surface area (Å²) >= 11 is 0. The van der Waals surface area contributed by atoms with E-state index in [0.29, 0.717) is 19.3 Å². The largest absolute Gasteiger partial charge is 0.465 e. The number of benzene rings is 1. The zero-order valence-electron chi connectivity index (χ0n) is 11.6. The number of ether oxygens (including phenoxy) is 1. The molecule has 0 N–H and O–H groups in total. The Balaban J connectivity index is 2.53. The molecule has 0 heterocycles. The van der Waals surface area contributed by atoms with Crippen molar-refractivity contribution in [1.29, 1.82) is 0 Å². The van der Waals surface area contributed by atoms with E-state index in [-0.39, 0.29) is 16.8 Å². The summed E-state index contributed by atoms with van der Waals surface area (Å²) in [6, 6.07) is 9.91. The highest BCUT2D eigenvalue weighted by Gasteiger charge is 2.37. The normalized spacial score (nSPS) is 22.1. The van der Waals surface area contributed by atoms with Gasteiger partial charge in [0.1, 0.15) is 0 Å². The summed E-state index contributed by atoms with van der Waals surface area (Å²) < 4.78 is 4.71. The number of ketones is 1. The van der Waals surface area contributed by atoms with Crippen LogP contribution < -0.4 is 0 Å². The number of carbonyl (C=O) groups excluding carboxylic acids is 2. The van der Waals surface area contributed by atoms with Crippen molar-refractivity contribution in [2.24, 2.45) is 0 Å². The van der Waals surface area contributed by atoms with Crippen molar-refractivity contribution >= 4 is 11.8 Å². The molecule has 0 aromatic heterocycles. The molecular weight excluding hydrogens is 252 g/mol. The Labute approximate surface area is 118 Å². The molecule has 1 aromatic rings.